The first-order valence-corrected chi connectivity index (χ1v) is 11.9. The molecular formula is C26H26F3N3O4. The molecule has 0 spiro atoms. The van der Waals surface area contributed by atoms with Gasteiger partial charge in [0.25, 0.3) is 5.91 Å². The number of carbonyl (C=O) groups excluding carboxylic acids is 3. The molecule has 7 nitrogen and oxygen atoms in total. The van der Waals surface area contributed by atoms with Crippen LogP contribution in [0.3, 0.4) is 0 Å². The SMILES string of the molecule is O=C1NC(=O)C(CC(COCc2ccccc2)C(=O)N2Cc3ccc(C(F)(F)F)cc3C2)(C2CC2)N1. The van der Waals surface area contributed by atoms with Gasteiger partial charge in [0.15, 0.2) is 0 Å². The zero-order valence-corrected chi connectivity index (χ0v) is 19.4. The molecule has 5 rings (SSSR count). The number of benzene rings is 2. The molecule has 1 saturated heterocycles. The summed E-state index contributed by atoms with van der Waals surface area (Å²) in [6.45, 7) is 0.486. The van der Waals surface area contributed by atoms with Crippen molar-refractivity contribution >= 4 is 17.8 Å². The summed E-state index contributed by atoms with van der Waals surface area (Å²) in [5.74, 6) is -1.61. The number of amides is 4. The number of urea groups is 1. The molecular weight excluding hydrogens is 475 g/mol. The molecule has 4 amide bonds. The van der Waals surface area contributed by atoms with E-state index in [-0.39, 0.29) is 44.5 Å². The maximum Gasteiger partial charge on any atom is 0.416 e. The summed E-state index contributed by atoms with van der Waals surface area (Å²) in [4.78, 5) is 40.0. The number of carbonyl (C=O) groups is 3. The Balaban J connectivity index is 1.35. The van der Waals surface area contributed by atoms with Crippen LogP contribution in [0.1, 0.15) is 41.5 Å². The number of ether oxygens (including phenoxy) is 1. The molecule has 1 saturated carbocycles. The van der Waals surface area contributed by atoms with E-state index in [1.165, 1.54) is 11.0 Å². The Bertz CT molecular complexity index is 1180. The molecule has 2 aliphatic heterocycles. The van der Waals surface area contributed by atoms with Crippen molar-refractivity contribution in [1.82, 2.24) is 15.5 Å². The van der Waals surface area contributed by atoms with Gasteiger partial charge in [-0.2, -0.15) is 13.2 Å². The van der Waals surface area contributed by atoms with Gasteiger partial charge in [0.05, 0.1) is 24.7 Å². The Labute approximate surface area is 206 Å². The predicted octanol–water partition coefficient (Wildman–Crippen LogP) is 3.76. The normalized spacial score (nSPS) is 22.2. The zero-order chi connectivity index (χ0) is 25.5. The molecule has 36 heavy (non-hydrogen) atoms. The second kappa shape index (κ2) is 9.24. The van der Waals surface area contributed by atoms with E-state index in [9.17, 15) is 27.6 Å². The van der Waals surface area contributed by atoms with Crippen molar-refractivity contribution < 1.29 is 32.3 Å². The first kappa shape index (κ1) is 24.3. The van der Waals surface area contributed by atoms with Gasteiger partial charge < -0.3 is 15.0 Å². The average Bonchev–Trinajstić information content (AvgIpc) is 3.54. The van der Waals surface area contributed by atoms with Crippen LogP contribution in [-0.2, 0) is 40.2 Å². The largest absolute Gasteiger partial charge is 0.416 e. The first-order valence-electron chi connectivity index (χ1n) is 11.9. The molecule has 2 heterocycles. The average molecular weight is 502 g/mol. The number of imide groups is 1. The van der Waals surface area contributed by atoms with E-state index in [1.807, 2.05) is 30.3 Å². The highest BCUT2D eigenvalue weighted by molar-refractivity contribution is 6.07. The van der Waals surface area contributed by atoms with Crippen molar-refractivity contribution in [3.05, 3.63) is 70.8 Å². The highest BCUT2D eigenvalue weighted by Gasteiger charge is 2.57. The molecule has 1 aliphatic carbocycles. The molecule has 2 aromatic rings. The van der Waals surface area contributed by atoms with Crippen LogP contribution in [0.25, 0.3) is 0 Å². The lowest BCUT2D eigenvalue weighted by atomic mass is 9.82. The van der Waals surface area contributed by atoms with E-state index in [0.29, 0.717) is 11.1 Å². The van der Waals surface area contributed by atoms with E-state index < -0.39 is 35.1 Å². The monoisotopic (exact) mass is 501 g/mol. The Morgan fingerprint density at radius 1 is 1.08 bits per heavy atom. The summed E-state index contributed by atoms with van der Waals surface area (Å²) in [6.07, 6.45) is -2.89. The maximum atomic E-state index is 13.7. The van der Waals surface area contributed by atoms with E-state index in [0.717, 1.165) is 30.5 Å². The smallest absolute Gasteiger partial charge is 0.376 e. The van der Waals surface area contributed by atoms with Crippen LogP contribution in [0.2, 0.25) is 0 Å². The standard InChI is InChI=1S/C26H26F3N3O4/c27-26(28,29)21-7-6-17-12-32(13-18(17)10-21)22(33)19(15-36-14-16-4-2-1-3-5-16)11-25(20-8-9-20)23(34)30-24(35)31-25/h1-7,10,19-20H,8-9,11-15H2,(H2,30,31,34,35). The van der Waals surface area contributed by atoms with Crippen LogP contribution in [0.15, 0.2) is 48.5 Å². The molecule has 190 valence electrons. The molecule has 0 radical (unpaired) electrons. The molecule has 0 aromatic heterocycles. The van der Waals surface area contributed by atoms with Crippen molar-refractivity contribution in [2.75, 3.05) is 6.61 Å². The van der Waals surface area contributed by atoms with E-state index in [2.05, 4.69) is 10.6 Å². The number of halogens is 3. The molecule has 2 fully saturated rings. The summed E-state index contributed by atoms with van der Waals surface area (Å²) >= 11 is 0. The van der Waals surface area contributed by atoms with Gasteiger partial charge in [-0.3, -0.25) is 14.9 Å². The van der Waals surface area contributed by atoms with E-state index >= 15 is 0 Å². The van der Waals surface area contributed by atoms with Crippen molar-refractivity contribution in [2.45, 2.75) is 50.7 Å². The van der Waals surface area contributed by atoms with Gasteiger partial charge in [-0.05, 0) is 54.0 Å². The number of nitrogens with one attached hydrogen (secondary N) is 2. The molecule has 2 unspecified atom stereocenters. The lowest BCUT2D eigenvalue weighted by Crippen LogP contribution is -2.52. The van der Waals surface area contributed by atoms with Crippen LogP contribution in [0.5, 0.6) is 0 Å². The molecule has 0 bridgehead atoms. The van der Waals surface area contributed by atoms with Gasteiger partial charge >= 0.3 is 12.2 Å². The molecule has 3 aliphatic rings. The Morgan fingerprint density at radius 2 is 1.81 bits per heavy atom. The molecule has 2 aromatic carbocycles. The van der Waals surface area contributed by atoms with Crippen LogP contribution >= 0.6 is 0 Å². The number of hydrogen-bond donors (Lipinski definition) is 2. The van der Waals surface area contributed by atoms with Crippen molar-refractivity contribution in [3.8, 4) is 0 Å². The van der Waals surface area contributed by atoms with Gasteiger partial charge in [-0.15, -0.1) is 0 Å². The maximum absolute atomic E-state index is 13.7. The van der Waals surface area contributed by atoms with Crippen molar-refractivity contribution in [1.29, 1.82) is 0 Å². The van der Waals surface area contributed by atoms with E-state index in [4.69, 9.17) is 4.74 Å². The fourth-order valence-corrected chi connectivity index (χ4v) is 5.16. The minimum atomic E-state index is -4.47. The topological polar surface area (TPSA) is 87.7 Å². The van der Waals surface area contributed by atoms with Crippen molar-refractivity contribution in [2.24, 2.45) is 11.8 Å². The minimum absolute atomic E-state index is 0.00595. The summed E-state index contributed by atoms with van der Waals surface area (Å²) in [5, 5.41) is 5.05. The fourth-order valence-electron chi connectivity index (χ4n) is 5.16. The third-order valence-corrected chi connectivity index (χ3v) is 7.16. The Hall–Kier alpha value is -3.40. The summed E-state index contributed by atoms with van der Waals surface area (Å²) in [7, 11) is 0. The molecule has 10 heteroatoms. The first-order chi connectivity index (χ1) is 17.2. The quantitative estimate of drug-likeness (QED) is 0.540. The van der Waals surface area contributed by atoms with Gasteiger partial charge in [0.1, 0.15) is 5.54 Å². The van der Waals surface area contributed by atoms with Gasteiger partial charge in [-0.1, -0.05) is 36.4 Å². The van der Waals surface area contributed by atoms with Crippen LogP contribution in [-0.4, -0.2) is 34.9 Å². The van der Waals surface area contributed by atoms with Gasteiger partial charge in [-0.25, -0.2) is 4.79 Å². The lowest BCUT2D eigenvalue weighted by molar-refractivity contribution is -0.140. The van der Waals surface area contributed by atoms with Gasteiger partial charge in [0, 0.05) is 13.1 Å². The zero-order valence-electron chi connectivity index (χ0n) is 19.4. The van der Waals surface area contributed by atoms with Crippen LogP contribution in [0, 0.1) is 11.8 Å². The Morgan fingerprint density at radius 3 is 2.44 bits per heavy atom. The fraction of sp³-hybridized carbons (Fsp3) is 0.423. The second-order valence-electron chi connectivity index (χ2n) is 9.73. The van der Waals surface area contributed by atoms with Crippen LogP contribution in [0.4, 0.5) is 18.0 Å². The van der Waals surface area contributed by atoms with Gasteiger partial charge in [0.2, 0.25) is 5.91 Å². The molecule has 2 atom stereocenters. The number of nitrogens with zero attached hydrogens (tertiary/aromatic N) is 1. The highest BCUT2D eigenvalue weighted by atomic mass is 19.4. The summed E-state index contributed by atoms with van der Waals surface area (Å²) < 4.78 is 45.4. The number of fused-ring (bicyclic) bond motifs is 1. The summed E-state index contributed by atoms with van der Waals surface area (Å²) in [5.41, 5.74) is 0.0796. The minimum Gasteiger partial charge on any atom is -0.376 e. The Kier molecular flexibility index (Phi) is 6.23. The summed E-state index contributed by atoms with van der Waals surface area (Å²) in [6, 6.07) is 12.3. The second-order valence-corrected chi connectivity index (χ2v) is 9.73. The third-order valence-electron chi connectivity index (χ3n) is 7.16. The lowest BCUT2D eigenvalue weighted by Gasteiger charge is -2.32. The number of rotatable bonds is 8. The predicted molar refractivity (Wildman–Crippen MR) is 122 cm³/mol. The molecule has 2 N–H and O–H groups in total. The third kappa shape index (κ3) is 4.82. The number of hydrogen-bond acceptors (Lipinski definition) is 4. The van der Waals surface area contributed by atoms with Crippen LogP contribution < -0.4 is 10.6 Å². The number of alkyl halides is 3. The highest BCUT2D eigenvalue weighted by Crippen LogP contribution is 2.45. The van der Waals surface area contributed by atoms with Crippen molar-refractivity contribution in [3.63, 3.8) is 0 Å². The van der Waals surface area contributed by atoms with E-state index in [1.54, 1.807) is 0 Å².